The van der Waals surface area contributed by atoms with Gasteiger partial charge in [0.05, 0.1) is 6.26 Å². The van der Waals surface area contributed by atoms with Gasteiger partial charge in [0.15, 0.2) is 11.5 Å². The molecule has 0 aliphatic heterocycles. The van der Waals surface area contributed by atoms with Crippen LogP contribution in [0.5, 0.6) is 0 Å². The van der Waals surface area contributed by atoms with Gasteiger partial charge in [0.2, 0.25) is 0 Å². The van der Waals surface area contributed by atoms with Crippen molar-refractivity contribution in [2.75, 3.05) is 20.6 Å². The lowest BCUT2D eigenvalue weighted by Crippen LogP contribution is -2.16. The number of hydrogen-bond acceptors (Lipinski definition) is 3. The summed E-state index contributed by atoms with van der Waals surface area (Å²) in [6, 6.07) is 3.42. The lowest BCUT2D eigenvalue weighted by Gasteiger charge is -2.06. The maximum Gasteiger partial charge on any atom is 0.199 e. The molecule has 0 amide bonds. The van der Waals surface area contributed by atoms with Gasteiger partial charge in [0.25, 0.3) is 0 Å². The van der Waals surface area contributed by atoms with Crippen LogP contribution in [0.15, 0.2) is 22.8 Å². The zero-order valence-corrected chi connectivity index (χ0v) is 7.41. The minimum atomic E-state index is 0.0636. The molecule has 3 nitrogen and oxygen atoms in total. The van der Waals surface area contributed by atoms with E-state index in [1.54, 1.807) is 12.1 Å². The van der Waals surface area contributed by atoms with Crippen molar-refractivity contribution in [2.45, 2.75) is 6.42 Å². The van der Waals surface area contributed by atoms with Crippen LogP contribution in [-0.2, 0) is 0 Å². The standard InChI is InChI=1S/C9H13NO2/c1-10(2)6-5-8(11)9-4-3-7-12-9/h3-4,7H,5-6H2,1-2H3. The second-order valence-electron chi connectivity index (χ2n) is 2.95. The van der Waals surface area contributed by atoms with Crippen LogP contribution in [-0.4, -0.2) is 31.3 Å². The largest absolute Gasteiger partial charge is 0.461 e. The number of rotatable bonds is 4. The van der Waals surface area contributed by atoms with Gasteiger partial charge in [-0.2, -0.15) is 0 Å². The molecular weight excluding hydrogens is 154 g/mol. The normalized spacial score (nSPS) is 10.6. The highest BCUT2D eigenvalue weighted by atomic mass is 16.3. The molecule has 0 atom stereocenters. The molecule has 0 radical (unpaired) electrons. The van der Waals surface area contributed by atoms with Crippen molar-refractivity contribution in [1.29, 1.82) is 0 Å². The highest BCUT2D eigenvalue weighted by Crippen LogP contribution is 2.03. The number of Topliss-reactive ketones (excluding diaryl/α,β-unsaturated/α-hetero) is 1. The average Bonchev–Trinajstić information content (AvgIpc) is 2.51. The first-order valence-corrected chi connectivity index (χ1v) is 3.91. The molecule has 1 heterocycles. The SMILES string of the molecule is CN(C)CCC(=O)c1ccco1. The predicted octanol–water partition coefficient (Wildman–Crippen LogP) is 1.41. The Balaban J connectivity index is 2.40. The fourth-order valence-electron chi connectivity index (χ4n) is 0.886. The van der Waals surface area contributed by atoms with Crippen molar-refractivity contribution >= 4 is 5.78 Å². The Morgan fingerprint density at radius 1 is 1.58 bits per heavy atom. The van der Waals surface area contributed by atoms with Crippen LogP contribution >= 0.6 is 0 Å². The Bertz CT molecular complexity index is 239. The Hall–Kier alpha value is -1.09. The average molecular weight is 167 g/mol. The highest BCUT2D eigenvalue weighted by Gasteiger charge is 2.07. The summed E-state index contributed by atoms with van der Waals surface area (Å²) in [7, 11) is 3.88. The molecule has 1 rings (SSSR count). The van der Waals surface area contributed by atoms with Gasteiger partial charge in [0, 0.05) is 13.0 Å². The molecule has 1 aromatic rings. The third kappa shape index (κ3) is 2.51. The molecule has 0 fully saturated rings. The molecule has 1 aromatic heterocycles. The zero-order chi connectivity index (χ0) is 8.97. The molecule has 0 saturated carbocycles. The molecule has 3 heteroatoms. The van der Waals surface area contributed by atoms with Gasteiger partial charge < -0.3 is 9.32 Å². The van der Waals surface area contributed by atoms with Crippen LogP contribution in [0.2, 0.25) is 0 Å². The van der Waals surface area contributed by atoms with Crippen molar-refractivity contribution < 1.29 is 9.21 Å². The lowest BCUT2D eigenvalue weighted by molar-refractivity contribution is 0.0945. The van der Waals surface area contributed by atoms with Crippen LogP contribution < -0.4 is 0 Å². The number of furan rings is 1. The molecule has 12 heavy (non-hydrogen) atoms. The van der Waals surface area contributed by atoms with E-state index < -0.39 is 0 Å². The van der Waals surface area contributed by atoms with Crippen molar-refractivity contribution in [1.82, 2.24) is 4.90 Å². The molecule has 66 valence electrons. The van der Waals surface area contributed by atoms with Crippen molar-refractivity contribution in [2.24, 2.45) is 0 Å². The van der Waals surface area contributed by atoms with Crippen LogP contribution in [0.3, 0.4) is 0 Å². The van der Waals surface area contributed by atoms with E-state index in [0.29, 0.717) is 12.2 Å². The van der Waals surface area contributed by atoms with Gasteiger partial charge in [-0.15, -0.1) is 0 Å². The molecule has 0 aromatic carbocycles. The van der Waals surface area contributed by atoms with E-state index in [0.717, 1.165) is 6.54 Å². The summed E-state index contributed by atoms with van der Waals surface area (Å²) < 4.78 is 4.96. The first-order chi connectivity index (χ1) is 5.70. The van der Waals surface area contributed by atoms with Crippen LogP contribution in [0.1, 0.15) is 17.0 Å². The number of carbonyl (C=O) groups excluding carboxylic acids is 1. The maximum absolute atomic E-state index is 11.3. The number of nitrogens with zero attached hydrogens (tertiary/aromatic N) is 1. The van der Waals surface area contributed by atoms with Crippen LogP contribution in [0, 0.1) is 0 Å². The minimum absolute atomic E-state index is 0.0636. The zero-order valence-electron chi connectivity index (χ0n) is 7.41. The third-order valence-corrected chi connectivity index (χ3v) is 1.58. The lowest BCUT2D eigenvalue weighted by atomic mass is 10.2. The van der Waals surface area contributed by atoms with Crippen molar-refractivity contribution in [3.63, 3.8) is 0 Å². The summed E-state index contributed by atoms with van der Waals surface area (Å²) in [4.78, 5) is 13.3. The van der Waals surface area contributed by atoms with Crippen molar-refractivity contribution in [3.05, 3.63) is 24.2 Å². The molecule has 0 saturated heterocycles. The molecule has 0 aliphatic carbocycles. The monoisotopic (exact) mass is 167 g/mol. The molecule has 0 bridgehead atoms. The quantitative estimate of drug-likeness (QED) is 0.636. The predicted molar refractivity (Wildman–Crippen MR) is 46.2 cm³/mol. The van der Waals surface area contributed by atoms with Gasteiger partial charge in [0.1, 0.15) is 0 Å². The Kier molecular flexibility index (Phi) is 3.05. The summed E-state index contributed by atoms with van der Waals surface area (Å²) in [6.45, 7) is 0.763. The molecule has 0 spiro atoms. The van der Waals surface area contributed by atoms with Gasteiger partial charge in [-0.1, -0.05) is 0 Å². The Morgan fingerprint density at radius 2 is 2.33 bits per heavy atom. The van der Waals surface area contributed by atoms with Crippen molar-refractivity contribution in [3.8, 4) is 0 Å². The molecular formula is C9H13NO2. The summed E-state index contributed by atoms with van der Waals surface area (Å²) in [6.07, 6.45) is 2.03. The summed E-state index contributed by atoms with van der Waals surface area (Å²) >= 11 is 0. The topological polar surface area (TPSA) is 33.5 Å². The van der Waals surface area contributed by atoms with Gasteiger partial charge in [-0.05, 0) is 26.2 Å². The second kappa shape index (κ2) is 4.07. The molecule has 0 unspecified atom stereocenters. The fraction of sp³-hybridized carbons (Fsp3) is 0.444. The number of carbonyl (C=O) groups is 1. The first-order valence-electron chi connectivity index (χ1n) is 3.91. The van der Waals surface area contributed by atoms with E-state index in [1.807, 2.05) is 19.0 Å². The van der Waals surface area contributed by atoms with E-state index in [-0.39, 0.29) is 5.78 Å². The fourth-order valence-corrected chi connectivity index (χ4v) is 0.886. The second-order valence-corrected chi connectivity index (χ2v) is 2.95. The first kappa shape index (κ1) is 9.00. The maximum atomic E-state index is 11.3. The van der Waals surface area contributed by atoms with E-state index in [1.165, 1.54) is 6.26 Å². The van der Waals surface area contributed by atoms with Gasteiger partial charge in [-0.3, -0.25) is 4.79 Å². The van der Waals surface area contributed by atoms with E-state index in [4.69, 9.17) is 4.42 Å². The van der Waals surface area contributed by atoms with Gasteiger partial charge in [-0.25, -0.2) is 0 Å². The third-order valence-electron chi connectivity index (χ3n) is 1.58. The number of hydrogen-bond donors (Lipinski definition) is 0. The molecule has 0 aliphatic rings. The van der Waals surface area contributed by atoms with Crippen LogP contribution in [0.4, 0.5) is 0 Å². The summed E-state index contributed by atoms with van der Waals surface area (Å²) in [5, 5.41) is 0. The summed E-state index contributed by atoms with van der Waals surface area (Å²) in [5.41, 5.74) is 0. The summed E-state index contributed by atoms with van der Waals surface area (Å²) in [5.74, 6) is 0.519. The van der Waals surface area contributed by atoms with Gasteiger partial charge >= 0.3 is 0 Å². The highest BCUT2D eigenvalue weighted by molar-refractivity contribution is 5.93. The smallest absolute Gasteiger partial charge is 0.199 e. The van der Waals surface area contributed by atoms with Crippen LogP contribution in [0.25, 0.3) is 0 Å². The number of ketones is 1. The van der Waals surface area contributed by atoms with E-state index in [9.17, 15) is 4.79 Å². The minimum Gasteiger partial charge on any atom is -0.461 e. The molecule has 0 N–H and O–H groups in total. The van der Waals surface area contributed by atoms with E-state index in [2.05, 4.69) is 0 Å². The Morgan fingerprint density at radius 3 is 2.83 bits per heavy atom. The van der Waals surface area contributed by atoms with E-state index >= 15 is 0 Å². The Labute approximate surface area is 72.0 Å².